The monoisotopic (exact) mass is 299 g/mol. The van der Waals surface area contributed by atoms with E-state index in [1.807, 2.05) is 0 Å². The van der Waals surface area contributed by atoms with E-state index in [1.54, 1.807) is 19.3 Å². The van der Waals surface area contributed by atoms with Crippen LogP contribution >= 0.6 is 15.9 Å². The molecule has 0 atom stereocenters. The van der Waals surface area contributed by atoms with E-state index in [0.29, 0.717) is 17.9 Å². The van der Waals surface area contributed by atoms with Crippen LogP contribution in [-0.4, -0.2) is 24.5 Å². The third-order valence-electron chi connectivity index (χ3n) is 2.12. The molecule has 0 fully saturated rings. The lowest BCUT2D eigenvalue weighted by Crippen LogP contribution is -2.32. The number of carbonyl (C=O) groups is 1. The molecule has 0 saturated heterocycles. The number of anilines is 1. The summed E-state index contributed by atoms with van der Waals surface area (Å²) in [6, 6.07) is 1.76. The minimum absolute atomic E-state index is 0.0644. The van der Waals surface area contributed by atoms with Gasteiger partial charge >= 0.3 is 0 Å². The predicted octanol–water partition coefficient (Wildman–Crippen LogP) is 2.66. The molecule has 94 valence electrons. The zero-order valence-corrected chi connectivity index (χ0v) is 12.2. The van der Waals surface area contributed by atoms with E-state index < -0.39 is 0 Å². The highest BCUT2D eigenvalue weighted by atomic mass is 79.9. The maximum absolute atomic E-state index is 12.0. The van der Waals surface area contributed by atoms with Gasteiger partial charge in [-0.25, -0.2) is 4.98 Å². The summed E-state index contributed by atoms with van der Waals surface area (Å²) >= 11 is 3.31. The van der Waals surface area contributed by atoms with Crippen LogP contribution in [0.25, 0.3) is 0 Å². The normalized spacial score (nSPS) is 11.1. The molecule has 0 bridgehead atoms. The number of carbonyl (C=O) groups excluding carboxylic acids is 1. The standard InChI is InChI=1S/C12H18BrN3O/c1-12(2,3)7-16-11(17)9-5-8(13)6-15-10(9)14-4/h5-6H,7H2,1-4H3,(H,14,15)(H,16,17). The van der Waals surface area contributed by atoms with Crippen LogP contribution in [0, 0.1) is 5.41 Å². The van der Waals surface area contributed by atoms with Crippen LogP contribution in [0.5, 0.6) is 0 Å². The fraction of sp³-hybridized carbons (Fsp3) is 0.500. The van der Waals surface area contributed by atoms with Crippen molar-refractivity contribution in [3.8, 4) is 0 Å². The Balaban J connectivity index is 2.84. The summed E-state index contributed by atoms with van der Waals surface area (Å²) in [6.07, 6.45) is 1.66. The van der Waals surface area contributed by atoms with Crippen molar-refractivity contribution in [3.63, 3.8) is 0 Å². The molecular weight excluding hydrogens is 282 g/mol. The Hall–Kier alpha value is -1.10. The summed E-state index contributed by atoms with van der Waals surface area (Å²) in [5.41, 5.74) is 0.612. The number of nitrogens with one attached hydrogen (secondary N) is 2. The molecule has 0 aliphatic carbocycles. The summed E-state index contributed by atoms with van der Waals surface area (Å²) in [7, 11) is 1.75. The van der Waals surface area contributed by atoms with Gasteiger partial charge in [-0.2, -0.15) is 0 Å². The van der Waals surface area contributed by atoms with Gasteiger partial charge in [0, 0.05) is 24.3 Å². The average Bonchev–Trinajstić information content (AvgIpc) is 2.25. The third kappa shape index (κ3) is 4.34. The van der Waals surface area contributed by atoms with Crippen molar-refractivity contribution in [2.75, 3.05) is 18.9 Å². The first kappa shape index (κ1) is 14.0. The molecule has 0 saturated carbocycles. The molecule has 0 aromatic carbocycles. The number of halogens is 1. The Labute approximate surface area is 110 Å². The van der Waals surface area contributed by atoms with Crippen LogP contribution in [-0.2, 0) is 0 Å². The summed E-state index contributed by atoms with van der Waals surface area (Å²) in [5.74, 6) is 0.470. The summed E-state index contributed by atoms with van der Waals surface area (Å²) in [5, 5.41) is 5.81. The van der Waals surface area contributed by atoms with E-state index in [9.17, 15) is 4.79 Å². The highest BCUT2D eigenvalue weighted by Crippen LogP contribution is 2.18. The maximum Gasteiger partial charge on any atom is 0.255 e. The third-order valence-corrected chi connectivity index (χ3v) is 2.55. The molecule has 0 unspecified atom stereocenters. The highest BCUT2D eigenvalue weighted by molar-refractivity contribution is 9.10. The van der Waals surface area contributed by atoms with Crippen molar-refractivity contribution in [1.82, 2.24) is 10.3 Å². The second kappa shape index (κ2) is 5.49. The number of pyridine rings is 1. The minimum Gasteiger partial charge on any atom is -0.372 e. The Morgan fingerprint density at radius 2 is 2.12 bits per heavy atom. The van der Waals surface area contributed by atoms with Crippen LogP contribution in [0.1, 0.15) is 31.1 Å². The Kier molecular flexibility index (Phi) is 4.51. The lowest BCUT2D eigenvalue weighted by atomic mass is 9.97. The molecule has 0 aliphatic rings. The molecular formula is C12H18BrN3O. The zero-order chi connectivity index (χ0) is 13.1. The van der Waals surface area contributed by atoms with Crippen LogP contribution in [0.2, 0.25) is 0 Å². The molecule has 1 heterocycles. The minimum atomic E-state index is -0.113. The number of nitrogens with zero attached hydrogens (tertiary/aromatic N) is 1. The zero-order valence-electron chi connectivity index (χ0n) is 10.6. The van der Waals surface area contributed by atoms with Gasteiger partial charge in [-0.15, -0.1) is 0 Å². The topological polar surface area (TPSA) is 54.0 Å². The van der Waals surface area contributed by atoms with E-state index in [-0.39, 0.29) is 11.3 Å². The van der Waals surface area contributed by atoms with Crippen molar-refractivity contribution in [3.05, 3.63) is 22.3 Å². The van der Waals surface area contributed by atoms with Gasteiger partial charge < -0.3 is 10.6 Å². The van der Waals surface area contributed by atoms with E-state index in [4.69, 9.17) is 0 Å². The smallest absolute Gasteiger partial charge is 0.255 e. The van der Waals surface area contributed by atoms with E-state index in [1.165, 1.54) is 0 Å². The van der Waals surface area contributed by atoms with Crippen molar-refractivity contribution < 1.29 is 4.79 Å². The van der Waals surface area contributed by atoms with Crippen LogP contribution in [0.3, 0.4) is 0 Å². The lowest BCUT2D eigenvalue weighted by Gasteiger charge is -2.19. The van der Waals surface area contributed by atoms with Gasteiger partial charge in [-0.3, -0.25) is 4.79 Å². The first-order chi connectivity index (χ1) is 7.83. The van der Waals surface area contributed by atoms with Crippen molar-refractivity contribution in [1.29, 1.82) is 0 Å². The molecule has 2 N–H and O–H groups in total. The second-order valence-corrected chi connectivity index (χ2v) is 5.96. The molecule has 0 aliphatic heterocycles. The quantitative estimate of drug-likeness (QED) is 0.902. The van der Waals surface area contributed by atoms with Crippen molar-refractivity contribution >= 4 is 27.7 Å². The summed E-state index contributed by atoms with van der Waals surface area (Å²) in [4.78, 5) is 16.2. The molecule has 17 heavy (non-hydrogen) atoms. The molecule has 1 rings (SSSR count). The van der Waals surface area contributed by atoms with Crippen LogP contribution in [0.4, 0.5) is 5.82 Å². The predicted molar refractivity (Wildman–Crippen MR) is 73.3 cm³/mol. The highest BCUT2D eigenvalue weighted by Gasteiger charge is 2.16. The van der Waals surface area contributed by atoms with Gasteiger partial charge in [0.15, 0.2) is 0 Å². The maximum atomic E-state index is 12.0. The van der Waals surface area contributed by atoms with Gasteiger partial charge in [0.05, 0.1) is 5.56 Å². The fourth-order valence-corrected chi connectivity index (χ4v) is 1.58. The summed E-state index contributed by atoms with van der Waals surface area (Å²) < 4.78 is 0.789. The SMILES string of the molecule is CNc1ncc(Br)cc1C(=O)NCC(C)(C)C. The van der Waals surface area contributed by atoms with E-state index in [2.05, 4.69) is 52.3 Å². The number of amides is 1. The van der Waals surface area contributed by atoms with Crippen molar-refractivity contribution in [2.24, 2.45) is 5.41 Å². The van der Waals surface area contributed by atoms with E-state index in [0.717, 1.165) is 4.47 Å². The number of hydrogen-bond donors (Lipinski definition) is 2. The van der Waals surface area contributed by atoms with Gasteiger partial charge in [0.2, 0.25) is 0 Å². The molecule has 5 heteroatoms. The van der Waals surface area contributed by atoms with Crippen LogP contribution < -0.4 is 10.6 Å². The first-order valence-electron chi connectivity index (χ1n) is 5.45. The second-order valence-electron chi connectivity index (χ2n) is 5.04. The molecule has 1 amide bonds. The molecule has 0 radical (unpaired) electrons. The lowest BCUT2D eigenvalue weighted by molar-refractivity contribution is 0.0940. The van der Waals surface area contributed by atoms with Gasteiger partial charge in [-0.1, -0.05) is 20.8 Å². The Bertz CT molecular complexity index is 413. The molecule has 1 aromatic heterocycles. The number of rotatable bonds is 3. The number of aromatic nitrogens is 1. The van der Waals surface area contributed by atoms with E-state index >= 15 is 0 Å². The van der Waals surface area contributed by atoms with Gasteiger partial charge in [0.25, 0.3) is 5.91 Å². The Morgan fingerprint density at radius 3 is 2.65 bits per heavy atom. The molecule has 4 nitrogen and oxygen atoms in total. The molecule has 1 aromatic rings. The van der Waals surface area contributed by atoms with Gasteiger partial charge in [0.1, 0.15) is 5.82 Å². The largest absolute Gasteiger partial charge is 0.372 e. The number of hydrogen-bond acceptors (Lipinski definition) is 3. The van der Waals surface area contributed by atoms with Crippen molar-refractivity contribution in [2.45, 2.75) is 20.8 Å². The first-order valence-corrected chi connectivity index (χ1v) is 6.24. The fourth-order valence-electron chi connectivity index (χ4n) is 1.25. The molecule has 0 spiro atoms. The van der Waals surface area contributed by atoms with Crippen LogP contribution in [0.15, 0.2) is 16.7 Å². The Morgan fingerprint density at radius 1 is 1.47 bits per heavy atom. The summed E-state index contributed by atoms with van der Waals surface area (Å²) in [6.45, 7) is 6.85. The average molecular weight is 300 g/mol. The van der Waals surface area contributed by atoms with Gasteiger partial charge in [-0.05, 0) is 27.4 Å².